The van der Waals surface area contributed by atoms with E-state index in [2.05, 4.69) is 4.99 Å². The number of rotatable bonds is 2. The van der Waals surface area contributed by atoms with Crippen molar-refractivity contribution in [3.05, 3.63) is 58.9 Å². The van der Waals surface area contributed by atoms with Crippen LogP contribution in [0.15, 0.2) is 41.4 Å². The number of aliphatic imine (C=N–C) groups is 1. The predicted octanol–water partition coefficient (Wildman–Crippen LogP) is 5.99. The van der Waals surface area contributed by atoms with E-state index in [0.717, 1.165) is 24.4 Å². The third-order valence-electron chi connectivity index (χ3n) is 2.89. The van der Waals surface area contributed by atoms with Crippen molar-refractivity contribution in [2.24, 2.45) is 4.99 Å². The molecule has 0 fully saturated rings. The monoisotopic (exact) mass is 415 g/mol. The van der Waals surface area contributed by atoms with Gasteiger partial charge in [-0.1, -0.05) is 18.2 Å². The molecule has 2 aromatic rings. The molecular formula is C15H11Cl2F4NOTi. The standard InChI is InChI=1S/C15H11F4NO.2ClH.Ti/c1-9-4-2-5-10(14(9)21)8-20-12-7-3-6-11(16)13(12)15(17,18)19;;;/h2-8,21H,1H3;2*1H;/q;;;+2/p-2. The van der Waals surface area contributed by atoms with Gasteiger partial charge in [0.05, 0.1) is 5.69 Å². The number of hydrogen-bond donors (Lipinski definition) is 1. The van der Waals surface area contributed by atoms with Gasteiger partial charge in [0.15, 0.2) is 0 Å². The molecule has 0 radical (unpaired) electrons. The first-order chi connectivity index (χ1) is 11.2. The van der Waals surface area contributed by atoms with Gasteiger partial charge in [0.1, 0.15) is 17.1 Å². The molecule has 0 spiro atoms. The Hall–Kier alpha value is -1.08. The van der Waals surface area contributed by atoms with E-state index in [0.29, 0.717) is 5.56 Å². The summed E-state index contributed by atoms with van der Waals surface area (Å²) in [5.41, 5.74) is -1.14. The van der Waals surface area contributed by atoms with E-state index < -0.39 is 40.3 Å². The van der Waals surface area contributed by atoms with Crippen molar-refractivity contribution in [1.82, 2.24) is 0 Å². The van der Waals surface area contributed by atoms with Gasteiger partial charge in [0, 0.05) is 11.8 Å². The molecule has 0 amide bonds. The van der Waals surface area contributed by atoms with Gasteiger partial charge in [0.25, 0.3) is 0 Å². The van der Waals surface area contributed by atoms with Crippen LogP contribution in [-0.2, 0) is 23.2 Å². The van der Waals surface area contributed by atoms with E-state index in [1.54, 1.807) is 19.1 Å². The van der Waals surface area contributed by atoms with Crippen LogP contribution < -0.4 is 0 Å². The van der Waals surface area contributed by atoms with Gasteiger partial charge in [-0.2, -0.15) is 13.2 Å². The van der Waals surface area contributed by atoms with Gasteiger partial charge in [-0.05, 0) is 30.7 Å². The summed E-state index contributed by atoms with van der Waals surface area (Å²) in [5.74, 6) is -1.46. The van der Waals surface area contributed by atoms with Crippen molar-refractivity contribution >= 4 is 30.5 Å². The Balaban J connectivity index is 0.000000891. The molecule has 0 saturated heterocycles. The van der Waals surface area contributed by atoms with Crippen molar-refractivity contribution in [2.75, 3.05) is 0 Å². The van der Waals surface area contributed by atoms with Crippen LogP contribution in [0.5, 0.6) is 5.75 Å². The van der Waals surface area contributed by atoms with Crippen LogP contribution >= 0.6 is 18.6 Å². The summed E-state index contributed by atoms with van der Waals surface area (Å²) in [5, 5.41) is 9.77. The summed E-state index contributed by atoms with van der Waals surface area (Å²) in [6.45, 7) is 1.65. The molecule has 0 saturated carbocycles. The fraction of sp³-hybridized carbons (Fsp3) is 0.133. The van der Waals surface area contributed by atoms with Crippen molar-refractivity contribution in [1.29, 1.82) is 0 Å². The number of halogens is 6. The van der Waals surface area contributed by atoms with E-state index in [1.165, 1.54) is 6.07 Å². The molecule has 0 unspecified atom stereocenters. The number of nitrogens with zero attached hydrogens (tertiary/aromatic N) is 1. The Morgan fingerprint density at radius 2 is 1.71 bits per heavy atom. The molecule has 128 valence electrons. The van der Waals surface area contributed by atoms with Crippen molar-refractivity contribution in [2.45, 2.75) is 13.1 Å². The van der Waals surface area contributed by atoms with E-state index >= 15 is 0 Å². The maximum absolute atomic E-state index is 13.4. The number of phenolic OH excluding ortho intramolecular Hbond substituents is 1. The van der Waals surface area contributed by atoms with Gasteiger partial charge >= 0.3 is 41.8 Å². The number of alkyl halides is 3. The Bertz CT molecular complexity index is 723. The zero-order chi connectivity index (χ0) is 18.3. The van der Waals surface area contributed by atoms with Crippen molar-refractivity contribution in [3.63, 3.8) is 0 Å². The number of aryl methyl sites for hydroxylation is 1. The van der Waals surface area contributed by atoms with Crippen LogP contribution in [0.4, 0.5) is 23.2 Å². The zero-order valence-electron chi connectivity index (χ0n) is 12.2. The summed E-state index contributed by atoms with van der Waals surface area (Å²) in [4.78, 5) is 3.66. The first-order valence-corrected chi connectivity index (χ1v) is 10.7. The molecule has 24 heavy (non-hydrogen) atoms. The van der Waals surface area contributed by atoms with Crippen molar-refractivity contribution in [3.8, 4) is 5.75 Å². The molecule has 2 rings (SSSR count). The maximum atomic E-state index is 13.4. The second-order valence-corrected chi connectivity index (χ2v) is 7.05. The summed E-state index contributed by atoms with van der Waals surface area (Å²) in [7, 11) is 9.78. The summed E-state index contributed by atoms with van der Waals surface area (Å²) >= 11 is -0.556. The molecule has 0 aliphatic rings. The van der Waals surface area contributed by atoms with Crippen LogP contribution in [0.2, 0.25) is 0 Å². The van der Waals surface area contributed by atoms with Gasteiger partial charge in [-0.25, -0.2) is 4.39 Å². The first kappa shape index (κ1) is 21.0. The summed E-state index contributed by atoms with van der Waals surface area (Å²) in [6.07, 6.45) is -3.76. The Morgan fingerprint density at radius 1 is 1.12 bits per heavy atom. The number of para-hydroxylation sites is 1. The predicted molar refractivity (Wildman–Crippen MR) is 83.2 cm³/mol. The topological polar surface area (TPSA) is 32.6 Å². The van der Waals surface area contributed by atoms with Gasteiger partial charge in [-0.3, -0.25) is 4.99 Å². The Labute approximate surface area is 152 Å². The average molecular weight is 416 g/mol. The molecule has 9 heteroatoms. The molecule has 0 atom stereocenters. The van der Waals surface area contributed by atoms with E-state index in [-0.39, 0.29) is 11.3 Å². The third kappa shape index (κ3) is 5.78. The third-order valence-corrected chi connectivity index (χ3v) is 2.89. The van der Waals surface area contributed by atoms with Gasteiger partial charge < -0.3 is 5.11 Å². The Kier molecular flexibility index (Phi) is 8.23. The number of hydrogen-bond acceptors (Lipinski definition) is 2. The second-order valence-electron chi connectivity index (χ2n) is 4.47. The molecule has 2 aromatic carbocycles. The van der Waals surface area contributed by atoms with E-state index in [1.807, 2.05) is 0 Å². The Morgan fingerprint density at radius 3 is 2.29 bits per heavy atom. The molecule has 0 aliphatic heterocycles. The molecule has 1 N–H and O–H groups in total. The van der Waals surface area contributed by atoms with Gasteiger partial charge in [-0.15, -0.1) is 0 Å². The van der Waals surface area contributed by atoms with Crippen LogP contribution in [0, 0.1) is 12.7 Å². The van der Waals surface area contributed by atoms with Crippen LogP contribution in [0.3, 0.4) is 0 Å². The normalized spacial score (nSPS) is 11.1. The first-order valence-electron chi connectivity index (χ1n) is 6.37. The van der Waals surface area contributed by atoms with Crippen LogP contribution in [-0.4, -0.2) is 11.3 Å². The molecule has 2 nitrogen and oxygen atoms in total. The zero-order valence-corrected chi connectivity index (χ0v) is 15.3. The fourth-order valence-corrected chi connectivity index (χ4v) is 1.83. The van der Waals surface area contributed by atoms with E-state index in [9.17, 15) is 22.7 Å². The minimum absolute atomic E-state index is 0.0776. The minimum atomic E-state index is -4.84. The molecule has 0 heterocycles. The van der Waals surface area contributed by atoms with Gasteiger partial charge in [0.2, 0.25) is 0 Å². The number of phenols is 1. The summed E-state index contributed by atoms with van der Waals surface area (Å²) in [6, 6.07) is 7.72. The molecule has 0 aromatic heterocycles. The number of benzene rings is 2. The van der Waals surface area contributed by atoms with Crippen LogP contribution in [0.25, 0.3) is 0 Å². The quantitative estimate of drug-likeness (QED) is 0.365. The van der Waals surface area contributed by atoms with Crippen LogP contribution in [0.1, 0.15) is 16.7 Å². The second kappa shape index (κ2) is 9.42. The number of aromatic hydroxyl groups is 1. The molecule has 0 aliphatic carbocycles. The summed E-state index contributed by atoms with van der Waals surface area (Å²) < 4.78 is 51.8. The fourth-order valence-electron chi connectivity index (χ4n) is 1.83. The molecular weight excluding hydrogens is 405 g/mol. The van der Waals surface area contributed by atoms with Crippen molar-refractivity contribution < 1.29 is 39.7 Å². The SMILES string of the molecule is Cc1cccc(C=Nc2cccc(F)c2C(F)(F)F)c1O.[Cl][Ti][Cl]. The van der Waals surface area contributed by atoms with E-state index in [4.69, 9.17) is 18.6 Å². The average Bonchev–Trinajstić information content (AvgIpc) is 2.48. The molecule has 0 bridgehead atoms.